The van der Waals surface area contributed by atoms with Crippen molar-refractivity contribution in [3.63, 3.8) is 0 Å². The highest BCUT2D eigenvalue weighted by molar-refractivity contribution is 5.69. The minimum atomic E-state index is -0.408. The number of unbranched alkanes of at least 4 members (excludes halogenated alkanes) is 1. The van der Waals surface area contributed by atoms with Crippen LogP contribution in [0.25, 0.3) is 0 Å². The average Bonchev–Trinajstić information content (AvgIpc) is 2.05. The van der Waals surface area contributed by atoms with Crippen LogP contribution in [-0.2, 0) is 14.4 Å². The lowest BCUT2D eigenvalue weighted by molar-refractivity contribution is -0.152. The van der Waals surface area contributed by atoms with Gasteiger partial charge in [0.2, 0.25) is 0 Å². The van der Waals surface area contributed by atoms with Gasteiger partial charge in [0.05, 0.1) is 13.0 Å². The second kappa shape index (κ2) is 8.45. The van der Waals surface area contributed by atoms with Gasteiger partial charge in [-0.25, -0.2) is 5.84 Å². The lowest BCUT2D eigenvalue weighted by Gasteiger charge is -2.02. The van der Waals surface area contributed by atoms with E-state index in [0.717, 1.165) is 12.8 Å². The van der Waals surface area contributed by atoms with E-state index in [0.29, 0.717) is 13.2 Å². The van der Waals surface area contributed by atoms with Gasteiger partial charge in [-0.05, 0) is 6.42 Å². The average molecular weight is 176 g/mol. The quantitative estimate of drug-likeness (QED) is 0.327. The zero-order chi connectivity index (χ0) is 9.23. The van der Waals surface area contributed by atoms with Crippen LogP contribution in [0.4, 0.5) is 0 Å². The van der Waals surface area contributed by atoms with Crippen LogP contribution in [0.5, 0.6) is 0 Å². The van der Waals surface area contributed by atoms with Gasteiger partial charge in [0.1, 0.15) is 0 Å². The number of hydrogen-bond acceptors (Lipinski definition) is 5. The number of rotatable bonds is 7. The van der Waals surface area contributed by atoms with Crippen molar-refractivity contribution >= 4 is 5.97 Å². The second-order valence-corrected chi connectivity index (χ2v) is 2.31. The Morgan fingerprint density at radius 3 is 2.83 bits per heavy atom. The van der Waals surface area contributed by atoms with Crippen molar-refractivity contribution in [2.45, 2.75) is 26.2 Å². The predicted octanol–water partition coefficient (Wildman–Crippen LogP) is 0.115. The molecular weight excluding hydrogens is 160 g/mol. The summed E-state index contributed by atoms with van der Waals surface area (Å²) in [6, 6.07) is 0. The molecule has 72 valence electrons. The molecule has 0 aromatic heterocycles. The van der Waals surface area contributed by atoms with Gasteiger partial charge in [-0.1, -0.05) is 18.9 Å². The maximum Gasteiger partial charge on any atom is 0.328 e. The molecule has 0 saturated carbocycles. The van der Waals surface area contributed by atoms with E-state index in [1.165, 1.54) is 0 Å². The van der Waals surface area contributed by atoms with Crippen LogP contribution in [0.2, 0.25) is 0 Å². The molecule has 0 bridgehead atoms. The maximum absolute atomic E-state index is 10.6. The fraction of sp³-hybridized carbons (Fsp3) is 0.857. The van der Waals surface area contributed by atoms with E-state index < -0.39 is 5.97 Å². The number of carbonyl (C=O) groups is 1. The molecule has 0 aliphatic rings. The Morgan fingerprint density at radius 1 is 1.50 bits per heavy atom. The number of nitrogens with one attached hydrogen (secondary N) is 1. The predicted molar refractivity (Wildman–Crippen MR) is 43.8 cm³/mol. The number of hydrazine groups is 1. The fourth-order valence-corrected chi connectivity index (χ4v) is 0.621. The molecule has 0 saturated heterocycles. The standard InChI is InChI=1S/C7H16N2O3/c1-2-3-5-11-6-4-7(10)12-9-8/h9H,2-6,8H2,1H3. The molecule has 0 amide bonds. The number of nitrogens with two attached hydrogens (primary N) is 1. The van der Waals surface area contributed by atoms with Crippen molar-refractivity contribution in [2.75, 3.05) is 13.2 Å². The third-order valence-corrected chi connectivity index (χ3v) is 1.27. The normalized spacial score (nSPS) is 9.83. The molecule has 0 aromatic carbocycles. The Balaban J connectivity index is 3.03. The molecule has 3 N–H and O–H groups in total. The first-order chi connectivity index (χ1) is 5.81. The monoisotopic (exact) mass is 176 g/mol. The lowest BCUT2D eigenvalue weighted by atomic mass is 10.4. The van der Waals surface area contributed by atoms with E-state index in [2.05, 4.69) is 11.8 Å². The molecule has 0 atom stereocenters. The third kappa shape index (κ3) is 7.46. The van der Waals surface area contributed by atoms with E-state index in [9.17, 15) is 4.79 Å². The second-order valence-electron chi connectivity index (χ2n) is 2.31. The Labute approximate surface area is 72.1 Å². The highest BCUT2D eigenvalue weighted by Gasteiger charge is 2.00. The maximum atomic E-state index is 10.6. The molecule has 0 spiro atoms. The zero-order valence-electron chi connectivity index (χ0n) is 7.34. The molecule has 0 radical (unpaired) electrons. The summed E-state index contributed by atoms with van der Waals surface area (Å²) in [5.41, 5.74) is 1.81. The van der Waals surface area contributed by atoms with Crippen LogP contribution in [0.15, 0.2) is 0 Å². The third-order valence-electron chi connectivity index (χ3n) is 1.27. The van der Waals surface area contributed by atoms with Crippen LogP contribution in [-0.4, -0.2) is 19.2 Å². The molecule has 0 aliphatic heterocycles. The van der Waals surface area contributed by atoms with Crippen LogP contribution in [0.1, 0.15) is 26.2 Å². The van der Waals surface area contributed by atoms with Gasteiger partial charge >= 0.3 is 5.97 Å². The molecule has 0 aromatic rings. The summed E-state index contributed by atoms with van der Waals surface area (Å²) in [4.78, 5) is 14.9. The summed E-state index contributed by atoms with van der Waals surface area (Å²) >= 11 is 0. The Kier molecular flexibility index (Phi) is 7.99. The first-order valence-corrected chi connectivity index (χ1v) is 4.04. The van der Waals surface area contributed by atoms with Crippen LogP contribution in [0.3, 0.4) is 0 Å². The highest BCUT2D eigenvalue weighted by atomic mass is 16.7. The van der Waals surface area contributed by atoms with Crippen molar-refractivity contribution in [2.24, 2.45) is 5.84 Å². The van der Waals surface area contributed by atoms with Gasteiger partial charge in [-0.2, -0.15) is 0 Å². The zero-order valence-corrected chi connectivity index (χ0v) is 7.34. The molecule has 12 heavy (non-hydrogen) atoms. The SMILES string of the molecule is CCCCOCCC(=O)ONN. The van der Waals surface area contributed by atoms with Crippen LogP contribution >= 0.6 is 0 Å². The molecular formula is C7H16N2O3. The molecule has 0 heterocycles. The van der Waals surface area contributed by atoms with Crippen LogP contribution < -0.4 is 11.4 Å². The minimum absolute atomic E-state index is 0.230. The van der Waals surface area contributed by atoms with Gasteiger partial charge in [-0.15, -0.1) is 0 Å². The molecule has 5 nitrogen and oxygen atoms in total. The molecule has 0 rings (SSSR count). The number of ether oxygens (including phenoxy) is 1. The molecule has 0 fully saturated rings. The van der Waals surface area contributed by atoms with E-state index in [1.807, 2.05) is 5.59 Å². The van der Waals surface area contributed by atoms with Crippen molar-refractivity contribution in [1.82, 2.24) is 5.59 Å². The van der Waals surface area contributed by atoms with Crippen molar-refractivity contribution < 1.29 is 14.4 Å². The molecule has 0 aliphatic carbocycles. The van der Waals surface area contributed by atoms with Gasteiger partial charge in [0, 0.05) is 6.61 Å². The molecule has 0 unspecified atom stereocenters. The topological polar surface area (TPSA) is 73.6 Å². The van der Waals surface area contributed by atoms with E-state index in [-0.39, 0.29) is 6.42 Å². The lowest BCUT2D eigenvalue weighted by Crippen LogP contribution is -2.26. The van der Waals surface area contributed by atoms with Crippen molar-refractivity contribution in [1.29, 1.82) is 0 Å². The van der Waals surface area contributed by atoms with E-state index >= 15 is 0 Å². The van der Waals surface area contributed by atoms with Gasteiger partial charge in [-0.3, -0.25) is 4.79 Å². The number of hydrogen-bond donors (Lipinski definition) is 2. The van der Waals surface area contributed by atoms with Gasteiger partial charge in [0.25, 0.3) is 0 Å². The summed E-state index contributed by atoms with van der Waals surface area (Å²) < 4.78 is 5.12. The summed E-state index contributed by atoms with van der Waals surface area (Å²) in [5, 5.41) is 0. The first kappa shape index (κ1) is 11.4. The summed E-state index contributed by atoms with van der Waals surface area (Å²) in [6.45, 7) is 3.16. The first-order valence-electron chi connectivity index (χ1n) is 4.04. The Morgan fingerprint density at radius 2 is 2.25 bits per heavy atom. The molecule has 5 heteroatoms. The van der Waals surface area contributed by atoms with Crippen LogP contribution in [0, 0.1) is 0 Å². The van der Waals surface area contributed by atoms with Crippen molar-refractivity contribution in [3.05, 3.63) is 0 Å². The largest absolute Gasteiger partial charge is 0.381 e. The van der Waals surface area contributed by atoms with Crippen molar-refractivity contribution in [3.8, 4) is 0 Å². The van der Waals surface area contributed by atoms with E-state index in [1.54, 1.807) is 0 Å². The Hall–Kier alpha value is -0.650. The minimum Gasteiger partial charge on any atom is -0.381 e. The number of carbonyl (C=O) groups excluding carboxylic acids is 1. The highest BCUT2D eigenvalue weighted by Crippen LogP contribution is 1.90. The Bertz CT molecular complexity index is 119. The summed E-state index contributed by atoms with van der Waals surface area (Å²) in [7, 11) is 0. The van der Waals surface area contributed by atoms with Gasteiger partial charge in [0.15, 0.2) is 0 Å². The van der Waals surface area contributed by atoms with Gasteiger partial charge < -0.3 is 9.57 Å². The summed E-state index contributed by atoms with van der Waals surface area (Å²) in [6.07, 6.45) is 2.34. The van der Waals surface area contributed by atoms with E-state index in [4.69, 9.17) is 10.6 Å². The smallest absolute Gasteiger partial charge is 0.328 e. The fourth-order valence-electron chi connectivity index (χ4n) is 0.621. The summed E-state index contributed by atoms with van der Waals surface area (Å²) in [5.74, 6) is 4.34.